The van der Waals surface area contributed by atoms with Gasteiger partial charge in [0.1, 0.15) is 0 Å². The number of halogens is 3. The third kappa shape index (κ3) is 8.01. The number of aliphatic hydroxyl groups excluding tert-OH is 1. The van der Waals surface area contributed by atoms with Crippen molar-refractivity contribution in [3.63, 3.8) is 0 Å². The predicted molar refractivity (Wildman–Crippen MR) is 43.2 cm³/mol. The highest BCUT2D eigenvalue weighted by atomic mass is 19.4. The Labute approximate surface area is 75.3 Å². The molecule has 0 aromatic rings. The molecule has 0 fully saturated rings. The standard InChI is InChI=1S/C7H15F3N2O/c1-12(5-6(13)4-11)3-2-7(8,9)10/h6,13H,2-5,11H2,1H3. The minimum atomic E-state index is -4.14. The Balaban J connectivity index is 3.57. The van der Waals surface area contributed by atoms with Gasteiger partial charge in [-0.25, -0.2) is 0 Å². The number of nitrogens with two attached hydrogens (primary N) is 1. The van der Waals surface area contributed by atoms with Gasteiger partial charge in [-0.1, -0.05) is 0 Å². The van der Waals surface area contributed by atoms with Gasteiger partial charge in [0.05, 0.1) is 12.5 Å². The zero-order valence-electron chi connectivity index (χ0n) is 7.51. The minimum absolute atomic E-state index is 0.0658. The molecule has 0 radical (unpaired) electrons. The van der Waals surface area contributed by atoms with Gasteiger partial charge in [0, 0.05) is 19.6 Å². The highest BCUT2D eigenvalue weighted by Crippen LogP contribution is 2.19. The van der Waals surface area contributed by atoms with Crippen LogP contribution in [0.5, 0.6) is 0 Å². The van der Waals surface area contributed by atoms with Crippen LogP contribution >= 0.6 is 0 Å². The average Bonchev–Trinajstić information content (AvgIpc) is 1.99. The van der Waals surface area contributed by atoms with E-state index in [1.165, 1.54) is 11.9 Å². The van der Waals surface area contributed by atoms with Gasteiger partial charge in [-0.05, 0) is 7.05 Å². The van der Waals surface area contributed by atoms with Crippen LogP contribution in [-0.2, 0) is 0 Å². The van der Waals surface area contributed by atoms with Crippen molar-refractivity contribution in [3.05, 3.63) is 0 Å². The van der Waals surface area contributed by atoms with E-state index in [9.17, 15) is 13.2 Å². The van der Waals surface area contributed by atoms with Crippen LogP contribution < -0.4 is 5.73 Å². The van der Waals surface area contributed by atoms with Gasteiger partial charge in [0.25, 0.3) is 0 Å². The van der Waals surface area contributed by atoms with Crippen LogP contribution in [0.3, 0.4) is 0 Å². The summed E-state index contributed by atoms with van der Waals surface area (Å²) in [5.74, 6) is 0. The van der Waals surface area contributed by atoms with E-state index in [0.717, 1.165) is 0 Å². The maximum absolute atomic E-state index is 11.7. The molecule has 0 bridgehead atoms. The van der Waals surface area contributed by atoms with E-state index in [1.54, 1.807) is 0 Å². The van der Waals surface area contributed by atoms with Gasteiger partial charge in [-0.2, -0.15) is 13.2 Å². The largest absolute Gasteiger partial charge is 0.390 e. The smallest absolute Gasteiger partial charge is 0.390 e. The number of nitrogens with zero attached hydrogens (tertiary/aromatic N) is 1. The molecule has 0 heterocycles. The first kappa shape index (κ1) is 12.7. The number of aliphatic hydroxyl groups is 1. The molecule has 13 heavy (non-hydrogen) atoms. The molecule has 0 aromatic carbocycles. The molecule has 0 amide bonds. The molecule has 0 aliphatic rings. The van der Waals surface area contributed by atoms with Crippen molar-refractivity contribution in [2.75, 3.05) is 26.7 Å². The maximum Gasteiger partial charge on any atom is 0.390 e. The summed E-state index contributed by atoms with van der Waals surface area (Å²) in [5.41, 5.74) is 5.10. The fraction of sp³-hybridized carbons (Fsp3) is 1.00. The summed E-state index contributed by atoms with van der Waals surface area (Å²) >= 11 is 0. The summed E-state index contributed by atoms with van der Waals surface area (Å²) in [5, 5.41) is 9.01. The molecule has 0 aliphatic carbocycles. The summed E-state index contributed by atoms with van der Waals surface area (Å²) in [7, 11) is 1.52. The first-order chi connectivity index (χ1) is 5.85. The molecule has 3 nitrogen and oxygen atoms in total. The zero-order chi connectivity index (χ0) is 10.5. The van der Waals surface area contributed by atoms with Crippen molar-refractivity contribution >= 4 is 0 Å². The summed E-state index contributed by atoms with van der Waals surface area (Å²) in [4.78, 5) is 1.41. The molecule has 0 saturated carbocycles. The van der Waals surface area contributed by atoms with Crippen molar-refractivity contribution in [1.82, 2.24) is 4.90 Å². The molecule has 0 spiro atoms. The predicted octanol–water partition coefficient (Wildman–Crippen LogP) is 0.190. The lowest BCUT2D eigenvalue weighted by atomic mass is 10.3. The van der Waals surface area contributed by atoms with Gasteiger partial charge in [0.15, 0.2) is 0 Å². The Kier molecular flexibility index (Phi) is 5.27. The van der Waals surface area contributed by atoms with Crippen LogP contribution in [0.15, 0.2) is 0 Å². The zero-order valence-corrected chi connectivity index (χ0v) is 7.51. The topological polar surface area (TPSA) is 49.5 Å². The molecule has 0 saturated heterocycles. The van der Waals surface area contributed by atoms with Crippen LogP contribution in [0.25, 0.3) is 0 Å². The quantitative estimate of drug-likeness (QED) is 0.666. The number of hydrogen-bond donors (Lipinski definition) is 2. The fourth-order valence-corrected chi connectivity index (χ4v) is 0.843. The van der Waals surface area contributed by atoms with E-state index < -0.39 is 18.7 Å². The van der Waals surface area contributed by atoms with Crippen LogP contribution in [0, 0.1) is 0 Å². The van der Waals surface area contributed by atoms with Gasteiger partial charge in [-0.15, -0.1) is 0 Å². The van der Waals surface area contributed by atoms with E-state index in [-0.39, 0.29) is 19.6 Å². The third-order valence-electron chi connectivity index (χ3n) is 1.57. The van der Waals surface area contributed by atoms with E-state index in [1.807, 2.05) is 0 Å². The fourth-order valence-electron chi connectivity index (χ4n) is 0.843. The second-order valence-electron chi connectivity index (χ2n) is 3.02. The van der Waals surface area contributed by atoms with E-state index >= 15 is 0 Å². The third-order valence-corrected chi connectivity index (χ3v) is 1.57. The second-order valence-corrected chi connectivity index (χ2v) is 3.02. The molecular weight excluding hydrogens is 185 g/mol. The first-order valence-electron chi connectivity index (χ1n) is 3.98. The SMILES string of the molecule is CN(CCC(F)(F)F)CC(O)CN. The van der Waals surface area contributed by atoms with Crippen LogP contribution in [-0.4, -0.2) is 49.0 Å². The van der Waals surface area contributed by atoms with Crippen molar-refractivity contribution < 1.29 is 18.3 Å². The van der Waals surface area contributed by atoms with Crippen LogP contribution in [0.1, 0.15) is 6.42 Å². The number of likely N-dealkylation sites (N-methyl/N-ethyl adjacent to an activating group) is 1. The molecule has 3 N–H and O–H groups in total. The van der Waals surface area contributed by atoms with E-state index in [2.05, 4.69) is 0 Å². The van der Waals surface area contributed by atoms with E-state index in [4.69, 9.17) is 10.8 Å². The van der Waals surface area contributed by atoms with Crippen LogP contribution in [0.4, 0.5) is 13.2 Å². The van der Waals surface area contributed by atoms with Crippen molar-refractivity contribution in [2.24, 2.45) is 5.73 Å². The first-order valence-corrected chi connectivity index (χ1v) is 3.98. The normalized spacial score (nSPS) is 15.0. The van der Waals surface area contributed by atoms with Gasteiger partial charge in [-0.3, -0.25) is 0 Å². The highest BCUT2D eigenvalue weighted by Gasteiger charge is 2.27. The lowest BCUT2D eigenvalue weighted by molar-refractivity contribution is -0.137. The minimum Gasteiger partial charge on any atom is -0.390 e. The molecule has 80 valence electrons. The van der Waals surface area contributed by atoms with Gasteiger partial charge in [0.2, 0.25) is 0 Å². The molecule has 1 unspecified atom stereocenters. The Morgan fingerprint density at radius 3 is 2.38 bits per heavy atom. The Morgan fingerprint density at radius 1 is 1.46 bits per heavy atom. The molecule has 1 atom stereocenters. The molecule has 0 aromatic heterocycles. The van der Waals surface area contributed by atoms with E-state index in [0.29, 0.717) is 0 Å². The van der Waals surface area contributed by atoms with Crippen LogP contribution in [0.2, 0.25) is 0 Å². The summed E-state index contributed by atoms with van der Waals surface area (Å²) in [6.45, 7) is 0.128. The van der Waals surface area contributed by atoms with Gasteiger partial charge < -0.3 is 15.7 Å². The Hall–Kier alpha value is -0.330. The lowest BCUT2D eigenvalue weighted by Crippen LogP contribution is -2.35. The molecular formula is C7H15F3N2O. The molecule has 0 aliphatic heterocycles. The summed E-state index contributed by atoms with van der Waals surface area (Å²) < 4.78 is 35.2. The average molecular weight is 200 g/mol. The summed E-state index contributed by atoms with van der Waals surface area (Å²) in [6, 6.07) is 0. The number of alkyl halides is 3. The Bertz CT molecular complexity index is 140. The van der Waals surface area contributed by atoms with Gasteiger partial charge >= 0.3 is 6.18 Å². The van der Waals surface area contributed by atoms with Crippen molar-refractivity contribution in [3.8, 4) is 0 Å². The summed E-state index contributed by atoms with van der Waals surface area (Å²) in [6.07, 6.45) is -5.75. The Morgan fingerprint density at radius 2 is 2.00 bits per heavy atom. The van der Waals surface area contributed by atoms with Crippen molar-refractivity contribution in [1.29, 1.82) is 0 Å². The maximum atomic E-state index is 11.7. The second kappa shape index (κ2) is 5.41. The lowest BCUT2D eigenvalue weighted by Gasteiger charge is -2.20. The highest BCUT2D eigenvalue weighted by molar-refractivity contribution is 4.63. The molecule has 6 heteroatoms. The monoisotopic (exact) mass is 200 g/mol. The molecule has 0 rings (SSSR count). The number of rotatable bonds is 5. The number of hydrogen-bond acceptors (Lipinski definition) is 3. The van der Waals surface area contributed by atoms with Crippen molar-refractivity contribution in [2.45, 2.75) is 18.7 Å².